The van der Waals surface area contributed by atoms with Gasteiger partial charge in [0.15, 0.2) is 5.82 Å². The third-order valence-electron chi connectivity index (χ3n) is 4.34. The van der Waals surface area contributed by atoms with E-state index in [4.69, 9.17) is 16.6 Å². The van der Waals surface area contributed by atoms with Crippen molar-refractivity contribution in [1.82, 2.24) is 15.0 Å². The van der Waals surface area contributed by atoms with Crippen molar-refractivity contribution in [2.24, 2.45) is 5.92 Å². The van der Waals surface area contributed by atoms with E-state index in [2.05, 4.69) is 21.4 Å². The van der Waals surface area contributed by atoms with E-state index >= 15 is 0 Å². The van der Waals surface area contributed by atoms with Gasteiger partial charge in [0.25, 0.3) is 0 Å². The Morgan fingerprint density at radius 2 is 2.05 bits per heavy atom. The van der Waals surface area contributed by atoms with Crippen molar-refractivity contribution < 1.29 is 0 Å². The van der Waals surface area contributed by atoms with Gasteiger partial charge < -0.3 is 0 Å². The molecule has 0 aromatic carbocycles. The van der Waals surface area contributed by atoms with E-state index in [9.17, 15) is 0 Å². The highest BCUT2D eigenvalue weighted by molar-refractivity contribution is 7.17. The third-order valence-corrected chi connectivity index (χ3v) is 5.60. The smallest absolute Gasteiger partial charge is 0.161 e. The highest BCUT2D eigenvalue weighted by Gasteiger charge is 2.19. The molecule has 1 aliphatic rings. The Kier molecular flexibility index (Phi) is 3.80. The first-order valence-electron chi connectivity index (χ1n) is 7.65. The zero-order valence-corrected chi connectivity index (χ0v) is 13.7. The molecule has 1 fully saturated rings. The van der Waals surface area contributed by atoms with Gasteiger partial charge in [0.1, 0.15) is 0 Å². The van der Waals surface area contributed by atoms with Crippen LogP contribution in [0.4, 0.5) is 0 Å². The van der Waals surface area contributed by atoms with Gasteiger partial charge in [-0.2, -0.15) is 0 Å². The first-order chi connectivity index (χ1) is 10.8. The number of hydrogen-bond donors (Lipinski definition) is 0. The fraction of sp³-hybridized carbons (Fsp3) is 0.353. The lowest BCUT2D eigenvalue weighted by Crippen LogP contribution is -2.03. The first-order valence-corrected chi connectivity index (χ1v) is 8.91. The predicted octanol–water partition coefficient (Wildman–Crippen LogP) is 5.14. The lowest BCUT2D eigenvalue weighted by molar-refractivity contribution is 0.542. The van der Waals surface area contributed by atoms with Crippen LogP contribution < -0.4 is 0 Å². The Balaban J connectivity index is 1.81. The molecule has 1 aliphatic carbocycles. The molecular weight excluding hydrogens is 314 g/mol. The third kappa shape index (κ3) is 2.61. The van der Waals surface area contributed by atoms with Crippen molar-refractivity contribution in [3.63, 3.8) is 0 Å². The summed E-state index contributed by atoms with van der Waals surface area (Å²) >= 11 is 8.00. The van der Waals surface area contributed by atoms with Crippen LogP contribution in [0.25, 0.3) is 21.6 Å². The molecule has 0 saturated heterocycles. The molecule has 0 radical (unpaired) electrons. The van der Waals surface area contributed by atoms with E-state index < -0.39 is 0 Å². The van der Waals surface area contributed by atoms with Crippen LogP contribution in [0.5, 0.6) is 0 Å². The lowest BCUT2D eigenvalue weighted by Gasteiger charge is -2.11. The summed E-state index contributed by atoms with van der Waals surface area (Å²) in [6.45, 7) is 0. The number of aromatic nitrogens is 3. The minimum absolute atomic E-state index is 0.601. The zero-order chi connectivity index (χ0) is 14.9. The fourth-order valence-electron chi connectivity index (χ4n) is 3.23. The SMILES string of the molecule is Clc1cnccc1-c1nc(CC2CCCC2)c2sccc2n1. The number of thiophene rings is 1. The standard InChI is InChI=1S/C17H16ClN3S/c18-13-10-19-7-5-12(13)17-20-14-6-8-22-16(14)15(21-17)9-11-3-1-2-4-11/h5-8,10-11H,1-4,9H2. The summed E-state index contributed by atoms with van der Waals surface area (Å²) in [4.78, 5) is 13.6. The van der Waals surface area contributed by atoms with E-state index in [-0.39, 0.29) is 0 Å². The van der Waals surface area contributed by atoms with Crippen LogP contribution in [-0.4, -0.2) is 15.0 Å². The summed E-state index contributed by atoms with van der Waals surface area (Å²) < 4.78 is 1.22. The van der Waals surface area contributed by atoms with Crippen molar-refractivity contribution in [3.05, 3.63) is 40.6 Å². The molecule has 0 atom stereocenters. The van der Waals surface area contributed by atoms with Gasteiger partial charge in [0.05, 0.1) is 20.9 Å². The second kappa shape index (κ2) is 5.94. The molecule has 112 valence electrons. The maximum atomic E-state index is 6.27. The van der Waals surface area contributed by atoms with Crippen LogP contribution in [0.3, 0.4) is 0 Å². The van der Waals surface area contributed by atoms with Crippen molar-refractivity contribution in [3.8, 4) is 11.4 Å². The zero-order valence-electron chi connectivity index (χ0n) is 12.1. The topological polar surface area (TPSA) is 38.7 Å². The van der Waals surface area contributed by atoms with Gasteiger partial charge in [0, 0.05) is 18.0 Å². The van der Waals surface area contributed by atoms with Crippen molar-refractivity contribution >= 4 is 33.2 Å². The number of pyridine rings is 1. The van der Waals surface area contributed by atoms with E-state index in [1.807, 2.05) is 6.07 Å². The molecule has 0 spiro atoms. The highest BCUT2D eigenvalue weighted by Crippen LogP contribution is 2.33. The van der Waals surface area contributed by atoms with Crippen LogP contribution in [0.1, 0.15) is 31.4 Å². The largest absolute Gasteiger partial charge is 0.263 e. The Morgan fingerprint density at radius 1 is 1.18 bits per heavy atom. The molecule has 3 heterocycles. The second-order valence-corrected chi connectivity index (χ2v) is 7.16. The number of nitrogens with zero attached hydrogens (tertiary/aromatic N) is 3. The number of halogens is 1. The van der Waals surface area contributed by atoms with E-state index in [0.29, 0.717) is 10.8 Å². The monoisotopic (exact) mass is 329 g/mol. The highest BCUT2D eigenvalue weighted by atomic mass is 35.5. The van der Waals surface area contributed by atoms with Gasteiger partial charge in [-0.25, -0.2) is 9.97 Å². The number of hydrogen-bond acceptors (Lipinski definition) is 4. The van der Waals surface area contributed by atoms with Gasteiger partial charge >= 0.3 is 0 Å². The minimum atomic E-state index is 0.601. The predicted molar refractivity (Wildman–Crippen MR) is 91.3 cm³/mol. The first kappa shape index (κ1) is 14.1. The summed E-state index contributed by atoms with van der Waals surface area (Å²) in [5.74, 6) is 1.48. The van der Waals surface area contributed by atoms with Crippen LogP contribution in [0, 0.1) is 5.92 Å². The molecule has 3 nitrogen and oxygen atoms in total. The Hall–Kier alpha value is -1.52. The maximum Gasteiger partial charge on any atom is 0.161 e. The Bertz CT molecular complexity index is 809. The van der Waals surface area contributed by atoms with Crippen LogP contribution >= 0.6 is 22.9 Å². The Labute approximate surface area is 138 Å². The molecule has 4 rings (SSSR count). The molecule has 0 amide bonds. The quantitative estimate of drug-likeness (QED) is 0.667. The molecular formula is C17H16ClN3S. The summed E-state index contributed by atoms with van der Waals surface area (Å²) in [6, 6.07) is 3.95. The molecule has 0 unspecified atom stereocenters. The summed E-state index contributed by atoms with van der Waals surface area (Å²) in [5, 5.41) is 2.69. The van der Waals surface area contributed by atoms with E-state index in [0.717, 1.165) is 23.4 Å². The van der Waals surface area contributed by atoms with E-state index in [1.165, 1.54) is 36.1 Å². The average molecular weight is 330 g/mol. The number of fused-ring (bicyclic) bond motifs is 1. The maximum absolute atomic E-state index is 6.27. The van der Waals surface area contributed by atoms with E-state index in [1.54, 1.807) is 23.7 Å². The van der Waals surface area contributed by atoms with Crippen LogP contribution in [0.2, 0.25) is 5.02 Å². The summed E-state index contributed by atoms with van der Waals surface area (Å²) in [7, 11) is 0. The molecule has 1 saturated carbocycles. The average Bonchev–Trinajstić information content (AvgIpc) is 3.18. The fourth-order valence-corrected chi connectivity index (χ4v) is 4.26. The van der Waals surface area contributed by atoms with Gasteiger partial charge in [-0.3, -0.25) is 4.98 Å². The molecule has 0 bridgehead atoms. The molecule has 0 N–H and O–H groups in total. The second-order valence-electron chi connectivity index (χ2n) is 5.84. The normalized spacial score (nSPS) is 15.7. The lowest BCUT2D eigenvalue weighted by atomic mass is 10.0. The van der Waals surface area contributed by atoms with Crippen molar-refractivity contribution in [1.29, 1.82) is 0 Å². The van der Waals surface area contributed by atoms with Crippen LogP contribution in [-0.2, 0) is 6.42 Å². The molecule has 3 aromatic rings. The molecule has 22 heavy (non-hydrogen) atoms. The van der Waals surface area contributed by atoms with Gasteiger partial charge in [-0.1, -0.05) is 37.3 Å². The molecule has 3 aromatic heterocycles. The Morgan fingerprint density at radius 3 is 2.86 bits per heavy atom. The van der Waals surface area contributed by atoms with Crippen LogP contribution in [0.15, 0.2) is 29.9 Å². The summed E-state index contributed by atoms with van der Waals surface area (Å²) in [6.07, 6.45) is 9.78. The van der Waals surface area contributed by atoms with Gasteiger partial charge in [-0.05, 0) is 29.9 Å². The number of rotatable bonds is 3. The van der Waals surface area contributed by atoms with Gasteiger partial charge in [-0.15, -0.1) is 11.3 Å². The van der Waals surface area contributed by atoms with Crippen molar-refractivity contribution in [2.75, 3.05) is 0 Å². The van der Waals surface area contributed by atoms with Crippen molar-refractivity contribution in [2.45, 2.75) is 32.1 Å². The minimum Gasteiger partial charge on any atom is -0.263 e. The molecule has 5 heteroatoms. The summed E-state index contributed by atoms with van der Waals surface area (Å²) in [5.41, 5.74) is 3.06. The van der Waals surface area contributed by atoms with Gasteiger partial charge in [0.2, 0.25) is 0 Å². The molecule has 0 aliphatic heterocycles.